The van der Waals surface area contributed by atoms with E-state index in [1.165, 1.54) is 44.9 Å². The zero-order valence-corrected chi connectivity index (χ0v) is 20.3. The molecular formula is C26H48O3. The Bertz CT molecular complexity index is 530. The Morgan fingerprint density at radius 1 is 1.21 bits per heavy atom. The van der Waals surface area contributed by atoms with E-state index in [-0.39, 0.29) is 12.1 Å². The van der Waals surface area contributed by atoms with Gasteiger partial charge in [0.15, 0.2) is 0 Å². The number of esters is 1. The van der Waals surface area contributed by atoms with E-state index in [1.54, 1.807) is 0 Å². The summed E-state index contributed by atoms with van der Waals surface area (Å²) >= 11 is 0. The number of fused-ring (bicyclic) bond motifs is 1. The summed E-state index contributed by atoms with van der Waals surface area (Å²) < 4.78 is 5.15. The van der Waals surface area contributed by atoms with Crippen LogP contribution in [0.5, 0.6) is 0 Å². The van der Waals surface area contributed by atoms with Crippen molar-refractivity contribution >= 4 is 5.97 Å². The van der Waals surface area contributed by atoms with Gasteiger partial charge in [0.2, 0.25) is 0 Å². The van der Waals surface area contributed by atoms with Crippen molar-refractivity contribution in [1.29, 1.82) is 0 Å². The molecule has 0 aromatic rings. The molecule has 0 bridgehead atoms. The van der Waals surface area contributed by atoms with E-state index in [0.29, 0.717) is 53.4 Å². The smallest absolute Gasteiger partial charge is 0.305 e. The second-order valence-corrected chi connectivity index (χ2v) is 10.8. The van der Waals surface area contributed by atoms with Crippen LogP contribution in [-0.2, 0) is 9.53 Å². The SMILES string of the molecule is CCC[C@@](C)(CC)C1CC[C@@]2(C)C(CCC2[C@H](C)CCC(=O)OCC)C1[C@@H](C)O. The van der Waals surface area contributed by atoms with E-state index < -0.39 is 0 Å². The van der Waals surface area contributed by atoms with Crippen molar-refractivity contribution in [2.24, 2.45) is 40.4 Å². The summed E-state index contributed by atoms with van der Waals surface area (Å²) in [5.41, 5.74) is 0.637. The van der Waals surface area contributed by atoms with E-state index in [9.17, 15) is 9.90 Å². The van der Waals surface area contributed by atoms with Gasteiger partial charge in [-0.3, -0.25) is 4.79 Å². The van der Waals surface area contributed by atoms with Crippen LogP contribution >= 0.6 is 0 Å². The molecular weight excluding hydrogens is 360 g/mol. The van der Waals surface area contributed by atoms with Gasteiger partial charge in [-0.1, -0.05) is 47.5 Å². The Hall–Kier alpha value is -0.570. The van der Waals surface area contributed by atoms with E-state index >= 15 is 0 Å². The Labute approximate surface area is 180 Å². The Morgan fingerprint density at radius 2 is 1.90 bits per heavy atom. The monoisotopic (exact) mass is 408 g/mol. The fraction of sp³-hybridized carbons (Fsp3) is 0.962. The lowest BCUT2D eigenvalue weighted by atomic mass is 9.50. The zero-order valence-electron chi connectivity index (χ0n) is 20.3. The first-order valence-electron chi connectivity index (χ1n) is 12.5. The molecule has 0 radical (unpaired) electrons. The molecule has 0 heterocycles. The van der Waals surface area contributed by atoms with Crippen LogP contribution in [0, 0.1) is 40.4 Å². The van der Waals surface area contributed by atoms with Gasteiger partial charge in [-0.05, 0) is 92.8 Å². The largest absolute Gasteiger partial charge is 0.466 e. The van der Waals surface area contributed by atoms with Crippen LogP contribution in [0.25, 0.3) is 0 Å². The molecule has 1 N–H and O–H groups in total. The van der Waals surface area contributed by atoms with E-state index in [1.807, 2.05) is 13.8 Å². The third-order valence-corrected chi connectivity index (χ3v) is 9.28. The minimum absolute atomic E-state index is 0.0529. The predicted molar refractivity (Wildman–Crippen MR) is 121 cm³/mol. The lowest BCUT2D eigenvalue weighted by Gasteiger charge is -2.55. The number of hydrogen-bond acceptors (Lipinski definition) is 3. The highest BCUT2D eigenvalue weighted by molar-refractivity contribution is 5.69. The number of carbonyl (C=O) groups excluding carboxylic acids is 1. The van der Waals surface area contributed by atoms with Crippen molar-refractivity contribution in [2.75, 3.05) is 6.61 Å². The van der Waals surface area contributed by atoms with Gasteiger partial charge in [-0.25, -0.2) is 0 Å². The Kier molecular flexibility index (Phi) is 8.65. The molecule has 2 rings (SSSR count). The number of hydrogen-bond donors (Lipinski definition) is 1. The standard InChI is InChI=1S/C26H48O3/c1-8-16-25(6,9-2)21-15-17-26(7)20(12-13-22(26)24(21)19(5)27)18(4)11-14-23(28)29-10-3/h18-22,24,27H,8-17H2,1-7H3/t18-,19-,20?,21?,22?,24?,25-,26-/m1/s1. The zero-order chi connectivity index (χ0) is 21.8. The van der Waals surface area contributed by atoms with Gasteiger partial charge < -0.3 is 9.84 Å². The average Bonchev–Trinajstić information content (AvgIpc) is 3.02. The van der Waals surface area contributed by atoms with Gasteiger partial charge >= 0.3 is 5.97 Å². The highest BCUT2D eigenvalue weighted by atomic mass is 16.5. The van der Waals surface area contributed by atoms with Crippen molar-refractivity contribution in [3.63, 3.8) is 0 Å². The number of aliphatic hydroxyl groups excluding tert-OH is 1. The van der Waals surface area contributed by atoms with Crippen molar-refractivity contribution < 1.29 is 14.6 Å². The Balaban J connectivity index is 2.18. The molecule has 0 aromatic heterocycles. The highest BCUT2D eigenvalue weighted by Crippen LogP contribution is 2.64. The maximum atomic E-state index is 11.9. The van der Waals surface area contributed by atoms with E-state index in [4.69, 9.17) is 4.74 Å². The van der Waals surface area contributed by atoms with Gasteiger partial charge in [0, 0.05) is 6.42 Å². The lowest BCUT2D eigenvalue weighted by molar-refractivity contribution is -0.143. The number of rotatable bonds is 10. The van der Waals surface area contributed by atoms with Gasteiger partial charge in [0.1, 0.15) is 0 Å². The molecule has 4 unspecified atom stereocenters. The van der Waals surface area contributed by atoms with E-state index in [2.05, 4.69) is 34.6 Å². The summed E-state index contributed by atoms with van der Waals surface area (Å²) in [5.74, 6) is 2.78. The maximum Gasteiger partial charge on any atom is 0.305 e. The first-order chi connectivity index (χ1) is 13.6. The molecule has 8 atom stereocenters. The molecule has 2 aliphatic carbocycles. The first-order valence-corrected chi connectivity index (χ1v) is 12.5. The summed E-state index contributed by atoms with van der Waals surface area (Å²) in [6.07, 6.45) is 9.94. The number of ether oxygens (including phenoxy) is 1. The molecule has 0 saturated heterocycles. The van der Waals surface area contributed by atoms with Crippen LogP contribution in [0.3, 0.4) is 0 Å². The predicted octanol–water partition coefficient (Wildman–Crippen LogP) is 6.62. The molecule has 0 aliphatic heterocycles. The van der Waals surface area contributed by atoms with Crippen molar-refractivity contribution in [1.82, 2.24) is 0 Å². The third kappa shape index (κ3) is 5.02. The summed E-state index contributed by atoms with van der Waals surface area (Å²) in [6.45, 7) is 16.4. The number of aliphatic hydroxyl groups is 1. The first kappa shape index (κ1) is 24.7. The molecule has 2 aliphatic rings. The normalized spacial score (nSPS) is 36.1. The summed E-state index contributed by atoms with van der Waals surface area (Å²) in [7, 11) is 0. The van der Waals surface area contributed by atoms with Gasteiger partial charge in [0.25, 0.3) is 0 Å². The second-order valence-electron chi connectivity index (χ2n) is 10.8. The minimum Gasteiger partial charge on any atom is -0.466 e. The topological polar surface area (TPSA) is 46.5 Å². The quantitative estimate of drug-likeness (QED) is 0.413. The van der Waals surface area contributed by atoms with Crippen molar-refractivity contribution in [2.45, 2.75) is 112 Å². The molecule has 170 valence electrons. The van der Waals surface area contributed by atoms with Crippen molar-refractivity contribution in [3.8, 4) is 0 Å². The second kappa shape index (κ2) is 10.2. The van der Waals surface area contributed by atoms with Crippen LogP contribution in [0.4, 0.5) is 0 Å². The van der Waals surface area contributed by atoms with Gasteiger partial charge in [-0.2, -0.15) is 0 Å². The fourth-order valence-electron chi connectivity index (χ4n) is 7.63. The molecule has 0 spiro atoms. The molecule has 2 saturated carbocycles. The summed E-state index contributed by atoms with van der Waals surface area (Å²) in [5, 5.41) is 10.9. The molecule has 29 heavy (non-hydrogen) atoms. The summed E-state index contributed by atoms with van der Waals surface area (Å²) in [4.78, 5) is 11.9. The van der Waals surface area contributed by atoms with Crippen LogP contribution < -0.4 is 0 Å². The lowest BCUT2D eigenvalue weighted by Crippen LogP contribution is -2.50. The fourth-order valence-corrected chi connectivity index (χ4v) is 7.63. The average molecular weight is 409 g/mol. The summed E-state index contributed by atoms with van der Waals surface area (Å²) in [6, 6.07) is 0. The molecule has 2 fully saturated rings. The van der Waals surface area contributed by atoms with Crippen LogP contribution in [0.2, 0.25) is 0 Å². The van der Waals surface area contributed by atoms with Crippen LogP contribution in [-0.4, -0.2) is 23.8 Å². The van der Waals surface area contributed by atoms with Crippen molar-refractivity contribution in [3.05, 3.63) is 0 Å². The van der Waals surface area contributed by atoms with E-state index in [0.717, 1.165) is 6.42 Å². The van der Waals surface area contributed by atoms with Gasteiger partial charge in [-0.15, -0.1) is 0 Å². The Morgan fingerprint density at radius 3 is 2.45 bits per heavy atom. The molecule has 0 aromatic carbocycles. The minimum atomic E-state index is -0.235. The molecule has 3 heteroatoms. The molecule has 0 amide bonds. The maximum absolute atomic E-state index is 11.9. The van der Waals surface area contributed by atoms with Crippen LogP contribution in [0.1, 0.15) is 106 Å². The number of carbonyl (C=O) groups is 1. The van der Waals surface area contributed by atoms with Gasteiger partial charge in [0.05, 0.1) is 12.7 Å². The highest BCUT2D eigenvalue weighted by Gasteiger charge is 2.57. The third-order valence-electron chi connectivity index (χ3n) is 9.28. The van der Waals surface area contributed by atoms with Crippen LogP contribution in [0.15, 0.2) is 0 Å². The molecule has 3 nitrogen and oxygen atoms in total.